The molecule has 2 aliphatic carbocycles. The number of carbonyl (C=O) groups excluding carboxylic acids is 3. The first kappa shape index (κ1) is 23.9. The van der Waals surface area contributed by atoms with E-state index in [0.29, 0.717) is 40.2 Å². The average Bonchev–Trinajstić information content (AvgIpc) is 3.19. The van der Waals surface area contributed by atoms with E-state index in [4.69, 9.17) is 9.47 Å². The summed E-state index contributed by atoms with van der Waals surface area (Å²) < 4.78 is 10.7. The zero-order chi connectivity index (χ0) is 26.6. The van der Waals surface area contributed by atoms with Crippen molar-refractivity contribution in [1.29, 1.82) is 0 Å². The third-order valence-corrected chi connectivity index (χ3v) is 7.48. The van der Waals surface area contributed by atoms with E-state index in [0.717, 1.165) is 28.9 Å². The largest absolute Gasteiger partial charge is 0.497 e. The van der Waals surface area contributed by atoms with E-state index in [9.17, 15) is 14.4 Å². The topological polar surface area (TPSA) is 81.7 Å². The number of ketones is 2. The average molecular weight is 506 g/mol. The third kappa shape index (κ3) is 3.93. The molecule has 1 atom stereocenters. The Balaban J connectivity index is 1.36. The van der Waals surface area contributed by atoms with Crippen LogP contribution >= 0.6 is 0 Å². The highest BCUT2D eigenvalue weighted by atomic mass is 16.5. The second-order valence-electron chi connectivity index (χ2n) is 10.7. The number of carbonyl (C=O) groups is 3. The summed E-state index contributed by atoms with van der Waals surface area (Å²) in [6.45, 7) is 4.18. The molecular weight excluding hydrogens is 478 g/mol. The Kier molecular flexibility index (Phi) is 5.56. The Morgan fingerprint density at radius 3 is 2.18 bits per heavy atom. The van der Waals surface area contributed by atoms with Crippen molar-refractivity contribution < 1.29 is 23.9 Å². The Morgan fingerprint density at radius 2 is 1.50 bits per heavy atom. The predicted molar refractivity (Wildman–Crippen MR) is 143 cm³/mol. The highest BCUT2D eigenvalue weighted by Crippen LogP contribution is 2.51. The molecule has 6 rings (SSSR count). The van der Waals surface area contributed by atoms with E-state index < -0.39 is 11.9 Å². The van der Waals surface area contributed by atoms with Crippen LogP contribution in [0.2, 0.25) is 0 Å². The van der Waals surface area contributed by atoms with Crippen molar-refractivity contribution in [2.24, 2.45) is 5.41 Å². The van der Waals surface area contributed by atoms with Crippen LogP contribution in [0, 0.1) is 5.41 Å². The van der Waals surface area contributed by atoms with Gasteiger partial charge in [-0.05, 0) is 53.8 Å². The lowest BCUT2D eigenvalue weighted by Crippen LogP contribution is -2.37. The maximum atomic E-state index is 13.6. The fourth-order valence-electron chi connectivity index (χ4n) is 5.74. The van der Waals surface area contributed by atoms with E-state index in [1.54, 1.807) is 43.5 Å². The summed E-state index contributed by atoms with van der Waals surface area (Å²) in [5, 5.41) is 3.49. The van der Waals surface area contributed by atoms with Gasteiger partial charge in [0.2, 0.25) is 0 Å². The van der Waals surface area contributed by atoms with Crippen LogP contribution in [-0.4, -0.2) is 24.6 Å². The molecule has 0 saturated heterocycles. The smallest absolute Gasteiger partial charge is 0.343 e. The van der Waals surface area contributed by atoms with E-state index in [2.05, 4.69) is 19.2 Å². The molecule has 1 aliphatic heterocycles. The van der Waals surface area contributed by atoms with Gasteiger partial charge in [0.1, 0.15) is 11.5 Å². The zero-order valence-corrected chi connectivity index (χ0v) is 21.5. The fraction of sp³-hybridized carbons (Fsp3) is 0.219. The van der Waals surface area contributed by atoms with Crippen molar-refractivity contribution in [1.82, 2.24) is 5.32 Å². The highest BCUT2D eigenvalue weighted by molar-refractivity contribution is 6.23. The number of hydrogen-bond acceptors (Lipinski definition) is 6. The SMILES string of the molecule is COc1ccc(C(=O)Oc2ccc(C3C4=C(CC(C)(C)CC4=O)NC4=C3C(=O)c3ccccc34)cc2)cc1. The molecule has 0 aromatic heterocycles. The summed E-state index contributed by atoms with van der Waals surface area (Å²) in [6.07, 6.45) is 1.14. The predicted octanol–water partition coefficient (Wildman–Crippen LogP) is 5.85. The van der Waals surface area contributed by atoms with Gasteiger partial charge in [-0.1, -0.05) is 50.2 Å². The molecule has 0 fully saturated rings. The van der Waals surface area contributed by atoms with Crippen LogP contribution in [0.25, 0.3) is 5.70 Å². The quantitative estimate of drug-likeness (QED) is 0.354. The van der Waals surface area contributed by atoms with Gasteiger partial charge in [-0.3, -0.25) is 9.59 Å². The normalized spacial score (nSPS) is 19.4. The summed E-state index contributed by atoms with van der Waals surface area (Å²) in [7, 11) is 1.56. The first-order valence-electron chi connectivity index (χ1n) is 12.6. The van der Waals surface area contributed by atoms with Crippen molar-refractivity contribution >= 4 is 23.2 Å². The van der Waals surface area contributed by atoms with Gasteiger partial charge in [0, 0.05) is 40.3 Å². The first-order valence-corrected chi connectivity index (χ1v) is 12.6. The van der Waals surface area contributed by atoms with Crippen LogP contribution < -0.4 is 14.8 Å². The standard InChI is InChI=1S/C32H27NO5/c1-32(2)16-24-27(25(34)17-32)26(28-29(33-24)22-6-4-5-7-23(22)30(28)35)18-8-14-21(15-9-18)38-31(36)19-10-12-20(37-3)13-11-19/h4-15,26,33H,16-17H2,1-3H3. The molecule has 1 unspecified atom stereocenters. The number of dihydropyridines is 1. The Bertz CT molecular complexity index is 1560. The van der Waals surface area contributed by atoms with Gasteiger partial charge in [-0.2, -0.15) is 0 Å². The van der Waals surface area contributed by atoms with Gasteiger partial charge < -0.3 is 14.8 Å². The van der Waals surface area contributed by atoms with Crippen LogP contribution in [0.5, 0.6) is 11.5 Å². The van der Waals surface area contributed by atoms with Gasteiger partial charge in [-0.25, -0.2) is 4.79 Å². The second kappa shape index (κ2) is 8.84. The summed E-state index contributed by atoms with van der Waals surface area (Å²) in [5.74, 6) is 0.0503. The number of rotatable bonds is 4. The Hall–Kier alpha value is -4.45. The first-order chi connectivity index (χ1) is 18.3. The van der Waals surface area contributed by atoms with Gasteiger partial charge in [0.25, 0.3) is 0 Å². The molecule has 0 spiro atoms. The lowest BCUT2D eigenvalue weighted by atomic mass is 9.68. The summed E-state index contributed by atoms with van der Waals surface area (Å²) in [4.78, 5) is 39.8. The van der Waals surface area contributed by atoms with Crippen molar-refractivity contribution in [2.75, 3.05) is 7.11 Å². The zero-order valence-electron chi connectivity index (χ0n) is 21.5. The molecule has 3 aromatic rings. The van der Waals surface area contributed by atoms with Gasteiger partial charge in [0.15, 0.2) is 11.6 Å². The maximum Gasteiger partial charge on any atom is 0.343 e. The molecule has 6 nitrogen and oxygen atoms in total. The number of allylic oxidation sites excluding steroid dienone is 3. The molecular formula is C32H27NO5. The number of nitrogens with one attached hydrogen (secondary N) is 1. The summed E-state index contributed by atoms with van der Waals surface area (Å²) in [5.41, 5.74) is 5.48. The van der Waals surface area contributed by atoms with Crippen molar-refractivity contribution in [3.63, 3.8) is 0 Å². The number of benzene rings is 3. The molecule has 1 heterocycles. The molecule has 1 N–H and O–H groups in total. The number of fused-ring (bicyclic) bond motifs is 2. The van der Waals surface area contributed by atoms with Gasteiger partial charge >= 0.3 is 5.97 Å². The highest BCUT2D eigenvalue weighted by Gasteiger charge is 2.46. The van der Waals surface area contributed by atoms with E-state index in [-0.39, 0.29) is 17.0 Å². The van der Waals surface area contributed by atoms with Crippen molar-refractivity contribution in [2.45, 2.75) is 32.6 Å². The minimum absolute atomic E-state index is 0.0547. The number of hydrogen-bond donors (Lipinski definition) is 1. The van der Waals surface area contributed by atoms with Crippen LogP contribution in [0.4, 0.5) is 0 Å². The monoisotopic (exact) mass is 505 g/mol. The number of methoxy groups -OCH3 is 1. The second-order valence-corrected chi connectivity index (χ2v) is 10.7. The summed E-state index contributed by atoms with van der Waals surface area (Å²) in [6, 6.07) is 21.4. The van der Waals surface area contributed by atoms with Crippen LogP contribution in [-0.2, 0) is 4.79 Å². The number of Topliss-reactive ketones (excluding diaryl/α,β-unsaturated/α-hetero) is 2. The van der Waals surface area contributed by atoms with E-state index in [1.807, 2.05) is 36.4 Å². The van der Waals surface area contributed by atoms with Crippen LogP contribution in [0.1, 0.15) is 64.4 Å². The van der Waals surface area contributed by atoms with Crippen molar-refractivity contribution in [3.8, 4) is 11.5 Å². The number of esters is 1. The third-order valence-electron chi connectivity index (χ3n) is 7.48. The molecule has 3 aliphatic rings. The van der Waals surface area contributed by atoms with Crippen molar-refractivity contribution in [3.05, 3.63) is 112 Å². The Labute approximate surface area is 221 Å². The van der Waals surface area contributed by atoms with Gasteiger partial charge in [0.05, 0.1) is 18.4 Å². The minimum Gasteiger partial charge on any atom is -0.497 e. The molecule has 38 heavy (non-hydrogen) atoms. The van der Waals surface area contributed by atoms with Gasteiger partial charge in [-0.15, -0.1) is 0 Å². The molecule has 3 aromatic carbocycles. The molecule has 0 saturated carbocycles. The molecule has 6 heteroatoms. The summed E-state index contributed by atoms with van der Waals surface area (Å²) >= 11 is 0. The van der Waals surface area contributed by atoms with E-state index >= 15 is 0 Å². The molecule has 0 bridgehead atoms. The van der Waals surface area contributed by atoms with E-state index in [1.165, 1.54) is 0 Å². The Morgan fingerprint density at radius 1 is 0.842 bits per heavy atom. The lowest BCUT2D eigenvalue weighted by Gasteiger charge is -2.39. The van der Waals surface area contributed by atoms with Crippen LogP contribution in [0.3, 0.4) is 0 Å². The molecule has 0 amide bonds. The molecule has 0 radical (unpaired) electrons. The number of ether oxygens (including phenoxy) is 2. The molecule has 190 valence electrons. The fourth-order valence-corrected chi connectivity index (χ4v) is 5.74. The van der Waals surface area contributed by atoms with Crippen LogP contribution in [0.15, 0.2) is 89.6 Å². The maximum absolute atomic E-state index is 13.6. The minimum atomic E-state index is -0.490. The lowest BCUT2D eigenvalue weighted by molar-refractivity contribution is -0.118.